The van der Waals surface area contributed by atoms with Crippen molar-refractivity contribution in [1.82, 2.24) is 15.0 Å². The second-order valence-electron chi connectivity index (χ2n) is 5.04. The summed E-state index contributed by atoms with van der Waals surface area (Å²) in [4.78, 5) is 15.3. The standard InChI is InChI=1S/C13H24N6O2/c1-3-4-14-11-16-12(15-9-10(2)20)18-13(17-11)19-5-7-21-8-6-19/h10,20H,3-9H2,1-2H3,(H2,14,15,16,17,18). The van der Waals surface area contributed by atoms with Crippen molar-refractivity contribution in [3.8, 4) is 0 Å². The van der Waals surface area contributed by atoms with Gasteiger partial charge in [-0.2, -0.15) is 15.0 Å². The first kappa shape index (κ1) is 15.7. The van der Waals surface area contributed by atoms with E-state index in [1.807, 2.05) is 0 Å². The van der Waals surface area contributed by atoms with Crippen LogP contribution in [0.5, 0.6) is 0 Å². The SMILES string of the molecule is CCCNc1nc(NCC(C)O)nc(N2CCOCC2)n1. The number of anilines is 3. The van der Waals surface area contributed by atoms with E-state index in [-0.39, 0.29) is 0 Å². The third kappa shape index (κ3) is 4.98. The second-order valence-corrected chi connectivity index (χ2v) is 5.04. The fourth-order valence-electron chi connectivity index (χ4n) is 1.90. The van der Waals surface area contributed by atoms with Crippen molar-refractivity contribution in [2.24, 2.45) is 0 Å². The smallest absolute Gasteiger partial charge is 0.232 e. The highest BCUT2D eigenvalue weighted by atomic mass is 16.5. The molecule has 1 aliphatic rings. The Morgan fingerprint density at radius 1 is 1.19 bits per heavy atom. The highest BCUT2D eigenvalue weighted by molar-refractivity contribution is 5.44. The fraction of sp³-hybridized carbons (Fsp3) is 0.769. The number of hydrogen-bond donors (Lipinski definition) is 3. The van der Waals surface area contributed by atoms with Gasteiger partial charge in [0.15, 0.2) is 0 Å². The van der Waals surface area contributed by atoms with Gasteiger partial charge in [-0.05, 0) is 13.3 Å². The number of ether oxygens (including phenoxy) is 1. The van der Waals surface area contributed by atoms with Crippen LogP contribution in [-0.4, -0.2) is 65.6 Å². The van der Waals surface area contributed by atoms with Gasteiger partial charge < -0.3 is 25.4 Å². The summed E-state index contributed by atoms with van der Waals surface area (Å²) in [6.45, 7) is 7.92. The molecule has 0 amide bonds. The van der Waals surface area contributed by atoms with E-state index in [0.29, 0.717) is 37.6 Å². The molecule has 1 aliphatic heterocycles. The van der Waals surface area contributed by atoms with Crippen LogP contribution in [-0.2, 0) is 4.74 Å². The lowest BCUT2D eigenvalue weighted by atomic mass is 10.4. The first-order chi connectivity index (χ1) is 10.2. The van der Waals surface area contributed by atoms with Crippen molar-refractivity contribution >= 4 is 17.8 Å². The topological polar surface area (TPSA) is 95.4 Å². The molecule has 0 spiro atoms. The summed E-state index contributed by atoms with van der Waals surface area (Å²) in [5.41, 5.74) is 0. The number of aliphatic hydroxyl groups excluding tert-OH is 1. The van der Waals surface area contributed by atoms with Gasteiger partial charge in [0.25, 0.3) is 0 Å². The molecule has 1 saturated heterocycles. The van der Waals surface area contributed by atoms with Crippen LogP contribution in [0.15, 0.2) is 0 Å². The van der Waals surface area contributed by atoms with Crippen LogP contribution in [0.2, 0.25) is 0 Å². The molecule has 2 rings (SSSR count). The van der Waals surface area contributed by atoms with Gasteiger partial charge in [0, 0.05) is 26.2 Å². The number of nitrogens with one attached hydrogen (secondary N) is 2. The molecule has 0 saturated carbocycles. The van der Waals surface area contributed by atoms with E-state index in [9.17, 15) is 5.11 Å². The van der Waals surface area contributed by atoms with Crippen LogP contribution >= 0.6 is 0 Å². The lowest BCUT2D eigenvalue weighted by molar-refractivity contribution is 0.122. The number of nitrogens with zero attached hydrogens (tertiary/aromatic N) is 4. The van der Waals surface area contributed by atoms with Crippen molar-refractivity contribution in [2.75, 3.05) is 54.9 Å². The van der Waals surface area contributed by atoms with Crippen molar-refractivity contribution in [1.29, 1.82) is 0 Å². The summed E-state index contributed by atoms with van der Waals surface area (Å²) in [6.07, 6.45) is 0.537. The molecule has 1 aromatic rings. The van der Waals surface area contributed by atoms with Gasteiger partial charge in [-0.3, -0.25) is 0 Å². The van der Waals surface area contributed by atoms with E-state index in [1.165, 1.54) is 0 Å². The van der Waals surface area contributed by atoms with E-state index < -0.39 is 6.10 Å². The quantitative estimate of drug-likeness (QED) is 0.662. The Balaban J connectivity index is 2.14. The van der Waals surface area contributed by atoms with Gasteiger partial charge >= 0.3 is 0 Å². The van der Waals surface area contributed by atoms with Crippen molar-refractivity contribution < 1.29 is 9.84 Å². The Bertz CT molecular complexity index is 437. The molecule has 1 aromatic heterocycles. The summed E-state index contributed by atoms with van der Waals surface area (Å²) < 4.78 is 5.35. The average molecular weight is 296 g/mol. The highest BCUT2D eigenvalue weighted by Gasteiger charge is 2.16. The van der Waals surface area contributed by atoms with Crippen molar-refractivity contribution in [3.63, 3.8) is 0 Å². The van der Waals surface area contributed by atoms with Crippen molar-refractivity contribution in [3.05, 3.63) is 0 Å². The molecule has 8 nitrogen and oxygen atoms in total. The summed E-state index contributed by atoms with van der Waals surface area (Å²) in [5, 5.41) is 15.6. The van der Waals surface area contributed by atoms with Crippen LogP contribution < -0.4 is 15.5 Å². The Morgan fingerprint density at radius 3 is 2.48 bits per heavy atom. The molecule has 0 radical (unpaired) electrons. The predicted molar refractivity (Wildman–Crippen MR) is 81.8 cm³/mol. The molecule has 1 atom stereocenters. The normalized spacial score (nSPS) is 16.6. The highest BCUT2D eigenvalue weighted by Crippen LogP contribution is 2.15. The lowest BCUT2D eigenvalue weighted by Gasteiger charge is -2.27. The molecular weight excluding hydrogens is 272 g/mol. The Labute approximate surface area is 125 Å². The minimum atomic E-state index is -0.458. The molecule has 0 aliphatic carbocycles. The van der Waals surface area contributed by atoms with Gasteiger partial charge in [0.1, 0.15) is 0 Å². The second kappa shape index (κ2) is 7.94. The summed E-state index contributed by atoms with van der Waals surface area (Å²) >= 11 is 0. The maximum absolute atomic E-state index is 9.37. The lowest BCUT2D eigenvalue weighted by Crippen LogP contribution is -2.37. The zero-order valence-electron chi connectivity index (χ0n) is 12.7. The Morgan fingerprint density at radius 2 is 1.86 bits per heavy atom. The zero-order chi connectivity index (χ0) is 15.1. The van der Waals surface area contributed by atoms with E-state index in [4.69, 9.17) is 4.74 Å². The van der Waals surface area contributed by atoms with E-state index >= 15 is 0 Å². The maximum Gasteiger partial charge on any atom is 0.232 e. The third-order valence-corrected chi connectivity index (χ3v) is 3.01. The van der Waals surface area contributed by atoms with Crippen molar-refractivity contribution in [2.45, 2.75) is 26.4 Å². The van der Waals surface area contributed by atoms with Crippen LogP contribution in [0.4, 0.5) is 17.8 Å². The molecule has 118 valence electrons. The van der Waals surface area contributed by atoms with Crippen LogP contribution in [0.25, 0.3) is 0 Å². The summed E-state index contributed by atoms with van der Waals surface area (Å²) in [7, 11) is 0. The number of aromatic nitrogens is 3. The minimum Gasteiger partial charge on any atom is -0.392 e. The van der Waals surface area contributed by atoms with Gasteiger partial charge in [0.2, 0.25) is 17.8 Å². The molecule has 21 heavy (non-hydrogen) atoms. The van der Waals surface area contributed by atoms with Gasteiger partial charge in [-0.1, -0.05) is 6.92 Å². The zero-order valence-corrected chi connectivity index (χ0v) is 12.7. The molecule has 2 heterocycles. The molecule has 3 N–H and O–H groups in total. The summed E-state index contributed by atoms with van der Waals surface area (Å²) in [6, 6.07) is 0. The number of hydrogen-bond acceptors (Lipinski definition) is 8. The van der Waals surface area contributed by atoms with Gasteiger partial charge in [-0.25, -0.2) is 0 Å². The predicted octanol–water partition coefficient (Wildman–Crippen LogP) is 0.323. The van der Waals surface area contributed by atoms with E-state index in [0.717, 1.165) is 26.1 Å². The van der Waals surface area contributed by atoms with E-state index in [2.05, 4.69) is 37.4 Å². The molecule has 0 bridgehead atoms. The monoisotopic (exact) mass is 296 g/mol. The maximum atomic E-state index is 9.37. The number of aliphatic hydroxyl groups is 1. The molecule has 1 unspecified atom stereocenters. The minimum absolute atomic E-state index is 0.403. The number of morpholine rings is 1. The van der Waals surface area contributed by atoms with Crippen LogP contribution in [0, 0.1) is 0 Å². The number of rotatable bonds is 7. The van der Waals surface area contributed by atoms with Gasteiger partial charge in [-0.15, -0.1) is 0 Å². The molecule has 8 heteroatoms. The summed E-state index contributed by atoms with van der Waals surface area (Å²) in [5.74, 6) is 1.67. The third-order valence-electron chi connectivity index (χ3n) is 3.01. The van der Waals surface area contributed by atoms with E-state index in [1.54, 1.807) is 6.92 Å². The average Bonchev–Trinajstić information content (AvgIpc) is 2.51. The first-order valence-electron chi connectivity index (χ1n) is 7.43. The Hall–Kier alpha value is -1.67. The Kier molecular flexibility index (Phi) is 5.94. The molecule has 0 aromatic carbocycles. The molecule has 1 fully saturated rings. The van der Waals surface area contributed by atoms with Crippen LogP contribution in [0.1, 0.15) is 20.3 Å². The first-order valence-corrected chi connectivity index (χ1v) is 7.43. The fourth-order valence-corrected chi connectivity index (χ4v) is 1.90. The van der Waals surface area contributed by atoms with Gasteiger partial charge in [0.05, 0.1) is 19.3 Å². The largest absolute Gasteiger partial charge is 0.392 e. The molecular formula is C13H24N6O2. The van der Waals surface area contributed by atoms with Crippen LogP contribution in [0.3, 0.4) is 0 Å².